The van der Waals surface area contributed by atoms with E-state index in [1.54, 1.807) is 0 Å². The van der Waals surface area contributed by atoms with Crippen molar-refractivity contribution in [3.63, 3.8) is 0 Å². The van der Waals surface area contributed by atoms with Crippen LogP contribution in [-0.4, -0.2) is 61.5 Å². The smallest absolute Gasteiger partial charge is 0.293 e. The van der Waals surface area contributed by atoms with Gasteiger partial charge in [-0.2, -0.15) is 0 Å². The Morgan fingerprint density at radius 1 is 0.375 bits per heavy atom. The van der Waals surface area contributed by atoms with Gasteiger partial charge < -0.3 is 0 Å². The number of hydrogen-bond donors (Lipinski definition) is 0. The lowest BCUT2D eigenvalue weighted by Crippen LogP contribution is -0.980. The fourth-order valence-corrected chi connectivity index (χ4v) is 0. The zero-order valence-corrected chi connectivity index (χ0v) is 11.5. The molecule has 0 aromatic heterocycles. The molecular formula is Al4Cl4. The van der Waals surface area contributed by atoms with Crippen molar-refractivity contribution in [2.24, 2.45) is 0 Å². The average molecular weight is 250 g/mol. The van der Waals surface area contributed by atoms with Crippen LogP contribution in [-0.2, 0) is 0 Å². The normalized spacial score (nSPS) is 2.50. The molecule has 8 radical (unpaired) electrons. The third kappa shape index (κ3) is 59.0. The van der Waals surface area contributed by atoms with Crippen LogP contribution in [0.3, 0.4) is 0 Å². The van der Waals surface area contributed by atoms with E-state index in [0.29, 0.717) is 0 Å². The number of hydrogen-bond acceptors (Lipinski definition) is 0. The first-order valence-corrected chi connectivity index (χ1v) is 7.86. The SMILES string of the molecule is [Al][Cl].[Al][Cl].[Al][Cl].[Al][Cl]. The van der Waals surface area contributed by atoms with Gasteiger partial charge in [-0.15, -0.1) is 0 Å². The molecule has 0 aliphatic rings. The van der Waals surface area contributed by atoms with Gasteiger partial charge in [0.1, 0.15) is 0 Å². The van der Waals surface area contributed by atoms with Crippen LogP contribution in [0.4, 0.5) is 0 Å². The highest BCUT2D eigenvalue weighted by atomic mass is 35.6. The third-order valence-corrected chi connectivity index (χ3v) is 0. The molecule has 0 unspecified atom stereocenters. The standard InChI is InChI=1S/4Al.4ClH/h;;;;4*1H/q4*+1;;;;/p-4. The fraction of sp³-hybridized carbons (Fsp3) is 0. The number of rotatable bonds is 0. The van der Waals surface area contributed by atoms with Crippen LogP contribution < -0.4 is 0 Å². The molecule has 0 spiro atoms. The second kappa shape index (κ2) is 82.0. The monoisotopic (exact) mass is 248 g/mol. The van der Waals surface area contributed by atoms with Crippen molar-refractivity contribution in [3.05, 3.63) is 0 Å². The zero-order valence-electron chi connectivity index (χ0n) is 3.82. The van der Waals surface area contributed by atoms with E-state index in [-0.39, 0.29) is 0 Å². The molecule has 0 aliphatic heterocycles. The first-order valence-electron chi connectivity index (χ1n) is 0.873. The largest absolute Gasteiger partial charge is 0.293 e. The van der Waals surface area contributed by atoms with Crippen LogP contribution in [0.1, 0.15) is 0 Å². The van der Waals surface area contributed by atoms with Gasteiger partial charge in [0.2, 0.25) is 0 Å². The Bertz CT molecular complexity index is 8.00. The second-order valence-electron chi connectivity index (χ2n) is 0. The van der Waals surface area contributed by atoms with Crippen LogP contribution in [0.2, 0.25) is 0 Å². The molecular weight excluding hydrogens is 250 g/mol. The van der Waals surface area contributed by atoms with Gasteiger partial charge in [-0.3, -0.25) is 40.2 Å². The summed E-state index contributed by atoms with van der Waals surface area (Å²) in [5.74, 6) is 0. The molecule has 0 aliphatic carbocycles. The Labute approximate surface area is 100 Å². The summed E-state index contributed by atoms with van der Waals surface area (Å²) in [6, 6.07) is 0. The van der Waals surface area contributed by atoms with E-state index in [1.165, 1.54) is 0 Å². The van der Waals surface area contributed by atoms with Gasteiger partial charge in [0.25, 0.3) is 61.5 Å². The van der Waals surface area contributed by atoms with E-state index in [4.69, 9.17) is 0 Å². The van der Waals surface area contributed by atoms with Crippen LogP contribution >= 0.6 is 40.2 Å². The molecule has 0 nitrogen and oxygen atoms in total. The molecule has 0 fully saturated rings. The summed E-state index contributed by atoms with van der Waals surface area (Å²) in [7, 11) is 18.2. The highest BCUT2D eigenvalue weighted by molar-refractivity contribution is 6.81. The minimum Gasteiger partial charge on any atom is -0.293 e. The van der Waals surface area contributed by atoms with Crippen molar-refractivity contribution >= 4 is 102 Å². The maximum Gasteiger partial charge on any atom is 0.293 e. The van der Waals surface area contributed by atoms with E-state index in [0.717, 1.165) is 0 Å². The van der Waals surface area contributed by atoms with Gasteiger partial charge in [0, 0.05) is 0 Å². The molecule has 0 atom stereocenters. The minimum atomic E-state index is 1.89. The topological polar surface area (TPSA) is 0 Å². The summed E-state index contributed by atoms with van der Waals surface area (Å²) in [4.78, 5) is 0. The molecule has 8 heteroatoms. The predicted molar refractivity (Wildman–Crippen MR) is 46.4 cm³/mol. The Morgan fingerprint density at radius 3 is 0.375 bits per heavy atom. The van der Waals surface area contributed by atoms with E-state index >= 15 is 0 Å². The Hall–Kier alpha value is 3.29. The molecule has 0 amide bonds. The van der Waals surface area contributed by atoms with Gasteiger partial charge in [0.15, 0.2) is 0 Å². The summed E-state index contributed by atoms with van der Waals surface area (Å²) in [6.45, 7) is 0. The number of halogens is 4. The summed E-state index contributed by atoms with van der Waals surface area (Å²) >= 11 is 7.56. The predicted octanol–water partition coefficient (Wildman–Crippen LogP) is 1.23. The maximum atomic E-state index is 4.56. The lowest BCUT2D eigenvalue weighted by molar-refractivity contribution is 4.80. The van der Waals surface area contributed by atoms with Gasteiger partial charge >= 0.3 is 0 Å². The lowest BCUT2D eigenvalue weighted by atomic mass is 26.9. The van der Waals surface area contributed by atoms with Gasteiger partial charge in [-0.25, -0.2) is 0 Å². The first kappa shape index (κ1) is 22.5. The molecule has 0 aromatic carbocycles. The molecule has 0 aromatic rings. The van der Waals surface area contributed by atoms with Gasteiger partial charge in [0.05, 0.1) is 0 Å². The Kier molecular flexibility index (Phi) is 231. The van der Waals surface area contributed by atoms with Crippen LogP contribution in [0.15, 0.2) is 0 Å². The zero-order chi connectivity index (χ0) is 8.00. The first-order chi connectivity index (χ1) is 4.00. The summed E-state index contributed by atoms with van der Waals surface area (Å²) in [5, 5.41) is 0. The molecule has 8 heavy (non-hydrogen) atoms. The second-order valence-corrected chi connectivity index (χ2v) is 0. The van der Waals surface area contributed by atoms with Crippen molar-refractivity contribution in [2.75, 3.05) is 0 Å². The molecule has 0 saturated carbocycles. The van der Waals surface area contributed by atoms with Gasteiger partial charge in [-0.1, -0.05) is 0 Å². The maximum absolute atomic E-state index is 4.56. The van der Waals surface area contributed by atoms with Crippen molar-refractivity contribution < 1.29 is 0 Å². The quantitative estimate of drug-likeness (QED) is 0.567. The molecule has 0 N–H and O–H groups in total. The van der Waals surface area contributed by atoms with E-state index in [2.05, 4.69) is 40.2 Å². The molecule has 40 valence electrons. The molecule has 0 heterocycles. The molecule has 0 rings (SSSR count). The minimum absolute atomic E-state index is 1.89. The van der Waals surface area contributed by atoms with Crippen LogP contribution in [0, 0.1) is 0 Å². The summed E-state index contributed by atoms with van der Waals surface area (Å²) in [6.07, 6.45) is 0. The molecule has 0 bridgehead atoms. The third-order valence-electron chi connectivity index (χ3n) is 0. The van der Waals surface area contributed by atoms with Crippen LogP contribution in [0.25, 0.3) is 0 Å². The Morgan fingerprint density at radius 2 is 0.375 bits per heavy atom. The fourth-order valence-electron chi connectivity index (χ4n) is 0. The highest BCUT2D eigenvalue weighted by Gasteiger charge is 1.05. The van der Waals surface area contributed by atoms with Crippen molar-refractivity contribution in [2.45, 2.75) is 0 Å². The molecule has 0 saturated heterocycles. The van der Waals surface area contributed by atoms with Gasteiger partial charge in [-0.05, 0) is 0 Å². The lowest BCUT2D eigenvalue weighted by Gasteiger charge is -1.04. The van der Waals surface area contributed by atoms with Crippen molar-refractivity contribution in [1.82, 2.24) is 0 Å². The van der Waals surface area contributed by atoms with E-state index in [1.807, 2.05) is 61.5 Å². The van der Waals surface area contributed by atoms with Crippen molar-refractivity contribution in [1.29, 1.82) is 0 Å². The van der Waals surface area contributed by atoms with Crippen molar-refractivity contribution in [3.8, 4) is 0 Å². The average Bonchev–Trinajstić information content (AvgIpc) is 2.03. The van der Waals surface area contributed by atoms with E-state index in [9.17, 15) is 0 Å². The summed E-state index contributed by atoms with van der Waals surface area (Å²) in [5.41, 5.74) is 0. The Balaban J connectivity index is -0.0000000133. The van der Waals surface area contributed by atoms with E-state index < -0.39 is 0 Å². The highest BCUT2D eigenvalue weighted by Crippen LogP contribution is 1.29. The summed E-state index contributed by atoms with van der Waals surface area (Å²) < 4.78 is 0. The van der Waals surface area contributed by atoms with Crippen LogP contribution in [0.5, 0.6) is 0 Å².